The highest BCUT2D eigenvalue weighted by molar-refractivity contribution is 7.89. The molecule has 0 spiro atoms. The number of fused-ring (bicyclic) bond motifs is 1. The van der Waals surface area contributed by atoms with Gasteiger partial charge in [0.25, 0.3) is 0 Å². The second-order valence-corrected chi connectivity index (χ2v) is 10.1. The Labute approximate surface area is 188 Å². The van der Waals surface area contributed by atoms with Crippen LogP contribution in [0.25, 0.3) is 0 Å². The van der Waals surface area contributed by atoms with Gasteiger partial charge in [-0.3, -0.25) is 14.5 Å². The van der Waals surface area contributed by atoms with Gasteiger partial charge in [-0.2, -0.15) is 0 Å². The van der Waals surface area contributed by atoms with Crippen molar-refractivity contribution in [3.63, 3.8) is 0 Å². The van der Waals surface area contributed by atoms with Crippen molar-refractivity contribution in [2.45, 2.75) is 31.2 Å². The van der Waals surface area contributed by atoms with Gasteiger partial charge in [-0.25, -0.2) is 13.6 Å². The molecule has 32 heavy (non-hydrogen) atoms. The lowest BCUT2D eigenvalue weighted by molar-refractivity contribution is -0.120. The van der Waals surface area contributed by atoms with Gasteiger partial charge in [0.15, 0.2) is 5.78 Å². The number of hydrogen-bond donors (Lipinski definition) is 1. The summed E-state index contributed by atoms with van der Waals surface area (Å²) < 4.78 is 23.3. The van der Waals surface area contributed by atoms with Gasteiger partial charge in [0.2, 0.25) is 15.9 Å². The normalized spacial score (nSPS) is 19.2. The van der Waals surface area contributed by atoms with Crippen molar-refractivity contribution in [3.05, 3.63) is 53.6 Å². The summed E-state index contributed by atoms with van der Waals surface area (Å²) in [6.45, 7) is 6.98. The van der Waals surface area contributed by atoms with Crippen molar-refractivity contribution >= 4 is 33.1 Å². The van der Waals surface area contributed by atoms with E-state index in [0.717, 1.165) is 43.1 Å². The fraction of sp³-hybridized carbons (Fsp3) is 0.391. The molecule has 1 unspecified atom stereocenters. The number of amides is 1. The fourth-order valence-corrected chi connectivity index (χ4v) is 5.07. The number of rotatable bonds is 5. The summed E-state index contributed by atoms with van der Waals surface area (Å²) in [7, 11) is -3.77. The maximum absolute atomic E-state index is 13.1. The Morgan fingerprint density at radius 3 is 2.28 bits per heavy atom. The number of primary sulfonamides is 1. The lowest BCUT2D eigenvalue weighted by Gasteiger charge is -2.36. The Kier molecular flexibility index (Phi) is 6.07. The standard InChI is InChI=1S/C23H28N4O4S/c1-16-13-19-14-21(32(24,30)31)7-8-22(19)27(16)23(29)15-25-9-11-26(12-10-25)20-5-3-18(4-6-20)17(2)28/h3-8,14,16H,9-13,15H2,1-2H3,(H2,24,30,31). The first-order chi connectivity index (χ1) is 15.1. The van der Waals surface area contributed by atoms with E-state index in [2.05, 4.69) is 9.80 Å². The molecule has 1 fully saturated rings. The smallest absolute Gasteiger partial charge is 0.241 e. The van der Waals surface area contributed by atoms with E-state index in [-0.39, 0.29) is 22.6 Å². The van der Waals surface area contributed by atoms with E-state index in [1.807, 2.05) is 31.2 Å². The van der Waals surface area contributed by atoms with Crippen molar-refractivity contribution in [2.75, 3.05) is 42.5 Å². The van der Waals surface area contributed by atoms with Crippen LogP contribution >= 0.6 is 0 Å². The first-order valence-corrected chi connectivity index (χ1v) is 12.2. The molecule has 0 aromatic heterocycles. The molecule has 0 bridgehead atoms. The van der Waals surface area contributed by atoms with Crippen molar-refractivity contribution in [1.82, 2.24) is 4.90 Å². The van der Waals surface area contributed by atoms with Crippen molar-refractivity contribution in [2.24, 2.45) is 5.14 Å². The molecule has 2 N–H and O–H groups in total. The first kappa shape index (κ1) is 22.4. The predicted molar refractivity (Wildman–Crippen MR) is 124 cm³/mol. The van der Waals surface area contributed by atoms with E-state index in [1.54, 1.807) is 24.0 Å². The molecule has 0 saturated carbocycles. The van der Waals surface area contributed by atoms with E-state index < -0.39 is 10.0 Å². The van der Waals surface area contributed by atoms with Crippen LogP contribution in [-0.4, -0.2) is 63.8 Å². The van der Waals surface area contributed by atoms with Crippen molar-refractivity contribution < 1.29 is 18.0 Å². The topological polar surface area (TPSA) is 104 Å². The van der Waals surface area contributed by atoms with Gasteiger partial charge in [0.1, 0.15) is 0 Å². The molecule has 0 aliphatic carbocycles. The molecule has 1 saturated heterocycles. The fourth-order valence-electron chi connectivity index (χ4n) is 4.50. The number of benzene rings is 2. The molecule has 8 nitrogen and oxygen atoms in total. The molecule has 2 aromatic rings. The molecule has 2 heterocycles. The number of hydrogen-bond acceptors (Lipinski definition) is 6. The molecular formula is C23H28N4O4S. The van der Waals surface area contributed by atoms with Crippen LogP contribution in [0.15, 0.2) is 47.4 Å². The summed E-state index contributed by atoms with van der Waals surface area (Å²) in [6.07, 6.45) is 0.606. The van der Waals surface area contributed by atoms with Gasteiger partial charge in [-0.15, -0.1) is 0 Å². The van der Waals surface area contributed by atoms with E-state index in [1.165, 1.54) is 6.07 Å². The summed E-state index contributed by atoms with van der Waals surface area (Å²) in [4.78, 5) is 30.8. The monoisotopic (exact) mass is 456 g/mol. The number of Topliss-reactive ketones (excluding diaryl/α,β-unsaturated/α-hetero) is 1. The summed E-state index contributed by atoms with van der Waals surface area (Å²) >= 11 is 0. The van der Waals surface area contributed by atoms with Crippen LogP contribution in [0.5, 0.6) is 0 Å². The predicted octanol–water partition coefficient (Wildman–Crippen LogP) is 1.64. The number of sulfonamides is 1. The Hall–Kier alpha value is -2.75. The lowest BCUT2D eigenvalue weighted by Crippen LogP contribution is -2.51. The van der Waals surface area contributed by atoms with Gasteiger partial charge in [-0.05, 0) is 68.3 Å². The number of carbonyl (C=O) groups is 2. The highest BCUT2D eigenvalue weighted by Gasteiger charge is 2.33. The number of nitrogens with zero attached hydrogens (tertiary/aromatic N) is 3. The molecule has 2 aromatic carbocycles. The molecule has 9 heteroatoms. The molecule has 1 amide bonds. The van der Waals surface area contributed by atoms with Crippen molar-refractivity contribution in [3.8, 4) is 0 Å². The minimum absolute atomic E-state index is 0.0128. The molecule has 170 valence electrons. The van der Waals surface area contributed by atoms with Crippen LogP contribution in [0.2, 0.25) is 0 Å². The minimum Gasteiger partial charge on any atom is -0.369 e. The average Bonchev–Trinajstić information content (AvgIpc) is 3.08. The molecule has 2 aliphatic heterocycles. The van der Waals surface area contributed by atoms with Crippen LogP contribution < -0.4 is 14.9 Å². The van der Waals surface area contributed by atoms with Crippen LogP contribution in [-0.2, 0) is 21.2 Å². The molecule has 1 atom stereocenters. The minimum atomic E-state index is -3.77. The number of piperazine rings is 1. The Morgan fingerprint density at radius 2 is 1.69 bits per heavy atom. The largest absolute Gasteiger partial charge is 0.369 e. The SMILES string of the molecule is CC(=O)c1ccc(N2CCN(CC(=O)N3c4ccc(S(N)(=O)=O)cc4CC3C)CC2)cc1. The number of carbonyl (C=O) groups excluding carboxylic acids is 2. The Bertz CT molecular complexity index is 1140. The molecule has 0 radical (unpaired) electrons. The highest BCUT2D eigenvalue weighted by atomic mass is 32.2. The van der Waals surface area contributed by atoms with Crippen molar-refractivity contribution in [1.29, 1.82) is 0 Å². The van der Waals surface area contributed by atoms with Gasteiger partial charge in [-0.1, -0.05) is 0 Å². The van der Waals surface area contributed by atoms with Gasteiger partial charge in [0.05, 0.1) is 11.4 Å². The van der Waals surface area contributed by atoms with E-state index in [0.29, 0.717) is 18.5 Å². The third kappa shape index (κ3) is 4.55. The van der Waals surface area contributed by atoms with Gasteiger partial charge in [0, 0.05) is 49.2 Å². The van der Waals surface area contributed by atoms with E-state index >= 15 is 0 Å². The average molecular weight is 457 g/mol. The van der Waals surface area contributed by atoms with Crippen LogP contribution in [0.1, 0.15) is 29.8 Å². The second kappa shape index (κ2) is 8.65. The van der Waals surface area contributed by atoms with E-state index in [4.69, 9.17) is 5.14 Å². The Balaban J connectivity index is 1.38. The summed E-state index contributed by atoms with van der Waals surface area (Å²) in [5.74, 6) is 0.0670. The van der Waals surface area contributed by atoms with Crippen LogP contribution in [0.3, 0.4) is 0 Å². The zero-order valence-electron chi connectivity index (χ0n) is 18.3. The second-order valence-electron chi connectivity index (χ2n) is 8.52. The van der Waals surface area contributed by atoms with Crippen LogP contribution in [0, 0.1) is 0 Å². The summed E-state index contributed by atoms with van der Waals surface area (Å²) in [5, 5.41) is 5.24. The first-order valence-electron chi connectivity index (χ1n) is 10.7. The van der Waals surface area contributed by atoms with Gasteiger partial charge >= 0.3 is 0 Å². The van der Waals surface area contributed by atoms with E-state index in [9.17, 15) is 18.0 Å². The zero-order chi connectivity index (χ0) is 23.0. The van der Waals surface area contributed by atoms with Crippen LogP contribution in [0.4, 0.5) is 11.4 Å². The Morgan fingerprint density at radius 1 is 1.03 bits per heavy atom. The third-order valence-corrected chi connectivity index (χ3v) is 7.14. The molecule has 4 rings (SSSR count). The zero-order valence-corrected chi connectivity index (χ0v) is 19.1. The number of anilines is 2. The highest BCUT2D eigenvalue weighted by Crippen LogP contribution is 2.34. The quantitative estimate of drug-likeness (QED) is 0.686. The third-order valence-electron chi connectivity index (χ3n) is 6.23. The lowest BCUT2D eigenvalue weighted by atomic mass is 10.1. The molecular weight excluding hydrogens is 428 g/mol. The summed E-state index contributed by atoms with van der Waals surface area (Å²) in [6, 6.07) is 12.3. The maximum atomic E-state index is 13.1. The number of ketones is 1. The van der Waals surface area contributed by atoms with Gasteiger partial charge < -0.3 is 9.80 Å². The number of nitrogens with two attached hydrogens (primary N) is 1. The summed E-state index contributed by atoms with van der Waals surface area (Å²) in [5.41, 5.74) is 3.37. The maximum Gasteiger partial charge on any atom is 0.241 e. The molecule has 2 aliphatic rings.